The molecule has 1 saturated heterocycles. The van der Waals surface area contributed by atoms with E-state index >= 15 is 0 Å². The lowest BCUT2D eigenvalue weighted by Gasteiger charge is -2.27. The monoisotopic (exact) mass is 425 g/mol. The number of rotatable bonds is 5. The molecule has 3 unspecified atom stereocenters. The van der Waals surface area contributed by atoms with Crippen molar-refractivity contribution in [2.45, 2.75) is 31.3 Å². The van der Waals surface area contributed by atoms with Crippen LogP contribution in [0.2, 0.25) is 5.02 Å². The summed E-state index contributed by atoms with van der Waals surface area (Å²) < 4.78 is 16.1. The molecule has 3 atom stereocenters. The summed E-state index contributed by atoms with van der Waals surface area (Å²) in [5.74, 6) is 0.172. The van der Waals surface area contributed by atoms with Crippen molar-refractivity contribution in [3.05, 3.63) is 82.4 Å². The predicted octanol–water partition coefficient (Wildman–Crippen LogP) is 4.10. The molecule has 0 saturated carbocycles. The van der Waals surface area contributed by atoms with Crippen molar-refractivity contribution in [1.29, 1.82) is 0 Å². The molecule has 2 aliphatic rings. The highest BCUT2D eigenvalue weighted by atomic mass is 35.5. The van der Waals surface area contributed by atoms with Crippen molar-refractivity contribution >= 4 is 11.6 Å². The molecule has 7 heteroatoms. The van der Waals surface area contributed by atoms with Crippen LogP contribution < -0.4 is 16.2 Å². The van der Waals surface area contributed by atoms with Crippen LogP contribution in [0.5, 0.6) is 0 Å². The summed E-state index contributed by atoms with van der Waals surface area (Å²) in [7, 11) is 0. The minimum atomic E-state index is -0.243. The molecule has 0 bridgehead atoms. The summed E-state index contributed by atoms with van der Waals surface area (Å²) in [5.41, 5.74) is 10.7. The Morgan fingerprint density at radius 2 is 2.00 bits per heavy atom. The van der Waals surface area contributed by atoms with Gasteiger partial charge in [-0.05, 0) is 49.1 Å². The topological polar surface area (TPSA) is 53.9 Å². The standard InChI is InChI=1S/C23H25ClFN5/c24-17-10-8-15(9-11-17)23-16(13-27-29-23)12-26-20-5-3-7-21-18(20)14-28-30(21)22-6-2-1-4-19(22)25/h1-2,4,6,8-11,14,16,20,23,26-27,29H,3,5,7,12-13H2. The first kappa shape index (κ1) is 19.7. The lowest BCUT2D eigenvalue weighted by molar-refractivity contribution is 0.384. The number of aromatic nitrogens is 2. The van der Waals surface area contributed by atoms with E-state index < -0.39 is 0 Å². The van der Waals surface area contributed by atoms with Crippen molar-refractivity contribution in [3.8, 4) is 5.69 Å². The number of halogens is 2. The summed E-state index contributed by atoms with van der Waals surface area (Å²) >= 11 is 6.04. The third-order valence-electron chi connectivity index (χ3n) is 6.21. The predicted molar refractivity (Wildman–Crippen MR) is 116 cm³/mol. The zero-order chi connectivity index (χ0) is 20.5. The van der Waals surface area contributed by atoms with Gasteiger partial charge in [0.2, 0.25) is 0 Å². The molecule has 3 N–H and O–H groups in total. The van der Waals surface area contributed by atoms with Crippen LogP contribution >= 0.6 is 11.6 Å². The quantitative estimate of drug-likeness (QED) is 0.576. The number of benzene rings is 2. The van der Waals surface area contributed by atoms with Crippen molar-refractivity contribution in [1.82, 2.24) is 25.9 Å². The molecule has 2 aromatic carbocycles. The molecule has 1 aliphatic heterocycles. The summed E-state index contributed by atoms with van der Waals surface area (Å²) in [6.07, 6.45) is 4.95. The summed E-state index contributed by atoms with van der Waals surface area (Å²) in [6.45, 7) is 1.77. The van der Waals surface area contributed by atoms with Gasteiger partial charge in [-0.1, -0.05) is 35.9 Å². The number of fused-ring (bicyclic) bond motifs is 1. The van der Waals surface area contributed by atoms with Gasteiger partial charge in [-0.3, -0.25) is 5.43 Å². The second-order valence-electron chi connectivity index (χ2n) is 8.08. The number of nitrogens with one attached hydrogen (secondary N) is 3. The third-order valence-corrected chi connectivity index (χ3v) is 6.46. The van der Waals surface area contributed by atoms with Gasteiger partial charge in [0.15, 0.2) is 0 Å². The van der Waals surface area contributed by atoms with Gasteiger partial charge in [-0.2, -0.15) is 5.10 Å². The highest BCUT2D eigenvalue weighted by molar-refractivity contribution is 6.30. The average Bonchev–Trinajstić information content (AvgIpc) is 3.40. The molecular weight excluding hydrogens is 401 g/mol. The van der Waals surface area contributed by atoms with Crippen LogP contribution in [0.4, 0.5) is 4.39 Å². The van der Waals surface area contributed by atoms with E-state index in [1.165, 1.54) is 17.2 Å². The molecule has 3 aromatic rings. The fraction of sp³-hybridized carbons (Fsp3) is 0.348. The van der Waals surface area contributed by atoms with Crippen LogP contribution in [-0.4, -0.2) is 22.9 Å². The lowest BCUT2D eigenvalue weighted by atomic mass is 9.91. The van der Waals surface area contributed by atoms with E-state index in [0.717, 1.165) is 43.1 Å². The smallest absolute Gasteiger partial charge is 0.148 e. The molecule has 0 spiro atoms. The number of hydrogen-bond donors (Lipinski definition) is 3. The Kier molecular flexibility index (Phi) is 5.56. The molecule has 2 heterocycles. The van der Waals surface area contributed by atoms with E-state index in [2.05, 4.69) is 33.4 Å². The Hall–Kier alpha value is -2.25. The van der Waals surface area contributed by atoms with E-state index in [4.69, 9.17) is 11.6 Å². The average molecular weight is 426 g/mol. The van der Waals surface area contributed by atoms with Gasteiger partial charge in [0.25, 0.3) is 0 Å². The second-order valence-corrected chi connectivity index (χ2v) is 8.51. The van der Waals surface area contributed by atoms with Gasteiger partial charge in [0.05, 0.1) is 12.2 Å². The molecular formula is C23H25ClFN5. The first-order chi connectivity index (χ1) is 14.7. The van der Waals surface area contributed by atoms with Gasteiger partial charge in [0.1, 0.15) is 11.5 Å². The van der Waals surface area contributed by atoms with Crippen LogP contribution in [0.3, 0.4) is 0 Å². The maximum atomic E-state index is 14.3. The number of hydrogen-bond acceptors (Lipinski definition) is 4. The van der Waals surface area contributed by atoms with Crippen LogP contribution in [-0.2, 0) is 6.42 Å². The van der Waals surface area contributed by atoms with Crippen molar-refractivity contribution < 1.29 is 4.39 Å². The molecule has 1 aromatic heterocycles. The molecule has 5 rings (SSSR count). The Morgan fingerprint density at radius 3 is 2.83 bits per heavy atom. The molecule has 156 valence electrons. The van der Waals surface area contributed by atoms with E-state index in [0.29, 0.717) is 11.6 Å². The third kappa shape index (κ3) is 3.76. The fourth-order valence-electron chi connectivity index (χ4n) is 4.64. The van der Waals surface area contributed by atoms with Crippen LogP contribution in [0, 0.1) is 11.7 Å². The van der Waals surface area contributed by atoms with E-state index in [1.807, 2.05) is 24.4 Å². The Labute approximate surface area is 180 Å². The Bertz CT molecular complexity index is 1020. The first-order valence-electron chi connectivity index (χ1n) is 10.5. The van der Waals surface area contributed by atoms with Crippen LogP contribution in [0.25, 0.3) is 5.69 Å². The molecule has 0 amide bonds. The van der Waals surface area contributed by atoms with Gasteiger partial charge in [-0.15, -0.1) is 0 Å². The Morgan fingerprint density at radius 1 is 1.17 bits per heavy atom. The van der Waals surface area contributed by atoms with Gasteiger partial charge < -0.3 is 5.32 Å². The maximum absolute atomic E-state index is 14.3. The van der Waals surface area contributed by atoms with Crippen LogP contribution in [0.1, 0.15) is 41.7 Å². The highest BCUT2D eigenvalue weighted by Crippen LogP contribution is 2.33. The Balaban J connectivity index is 1.31. The normalized spacial score (nSPS) is 23.5. The molecule has 1 fully saturated rings. The van der Waals surface area contributed by atoms with Gasteiger partial charge >= 0.3 is 0 Å². The summed E-state index contributed by atoms with van der Waals surface area (Å²) in [6, 6.07) is 15.3. The van der Waals surface area contributed by atoms with Crippen LogP contribution in [0.15, 0.2) is 54.7 Å². The minimum absolute atomic E-state index is 0.235. The number of hydrazine groups is 1. The zero-order valence-corrected chi connectivity index (χ0v) is 17.4. The van der Waals surface area contributed by atoms with Gasteiger partial charge in [0, 0.05) is 41.3 Å². The highest BCUT2D eigenvalue weighted by Gasteiger charge is 2.30. The zero-order valence-electron chi connectivity index (χ0n) is 16.6. The van der Waals surface area contributed by atoms with Crippen molar-refractivity contribution in [2.24, 2.45) is 5.92 Å². The first-order valence-corrected chi connectivity index (χ1v) is 10.9. The van der Waals surface area contributed by atoms with Crippen molar-refractivity contribution in [2.75, 3.05) is 13.1 Å². The summed E-state index contributed by atoms with van der Waals surface area (Å²) in [5, 5.41) is 9.04. The second kappa shape index (κ2) is 8.47. The number of nitrogens with zero attached hydrogens (tertiary/aromatic N) is 2. The molecule has 5 nitrogen and oxygen atoms in total. The largest absolute Gasteiger partial charge is 0.309 e. The number of para-hydroxylation sites is 1. The van der Waals surface area contributed by atoms with E-state index in [1.54, 1.807) is 16.8 Å². The molecule has 1 aliphatic carbocycles. The fourth-order valence-corrected chi connectivity index (χ4v) is 4.77. The lowest BCUT2D eigenvalue weighted by Crippen LogP contribution is -2.33. The maximum Gasteiger partial charge on any atom is 0.148 e. The van der Waals surface area contributed by atoms with E-state index in [9.17, 15) is 4.39 Å². The SMILES string of the molecule is Fc1ccccc1-n1ncc2c1CCCC2NCC1CNNC1c1ccc(Cl)cc1. The van der Waals surface area contributed by atoms with Crippen molar-refractivity contribution in [3.63, 3.8) is 0 Å². The van der Waals surface area contributed by atoms with Gasteiger partial charge in [-0.25, -0.2) is 14.5 Å². The minimum Gasteiger partial charge on any atom is -0.309 e. The molecule has 30 heavy (non-hydrogen) atoms. The molecule has 0 radical (unpaired) electrons. The van der Waals surface area contributed by atoms with E-state index in [-0.39, 0.29) is 17.9 Å². The summed E-state index contributed by atoms with van der Waals surface area (Å²) in [4.78, 5) is 0.